The first-order valence-electron chi connectivity index (χ1n) is 9.57. The molecule has 3 aromatic rings. The maximum atomic E-state index is 13.0. The number of aryl methyl sites for hydroxylation is 1. The van der Waals surface area contributed by atoms with E-state index in [1.54, 1.807) is 18.0 Å². The number of anilines is 1. The van der Waals surface area contributed by atoms with Crippen molar-refractivity contribution in [1.29, 1.82) is 0 Å². The van der Waals surface area contributed by atoms with Gasteiger partial charge in [-0.25, -0.2) is 0 Å². The Bertz CT molecular complexity index is 1010. The lowest BCUT2D eigenvalue weighted by Gasteiger charge is -2.34. The van der Waals surface area contributed by atoms with Crippen LogP contribution in [-0.4, -0.2) is 31.5 Å². The Kier molecular flexibility index (Phi) is 5.33. The Balaban J connectivity index is 1.47. The molecule has 0 saturated heterocycles. The standard InChI is InChI=1S/C23H22N2O4/c1-24-23(27)21-15-25(18-9-5-6-10-20(18)29-21)22(26)14-12-17-11-13-19(28-17)16-7-3-2-4-8-16/h2-11,13,21H,12,14-15H2,1H3,(H,24,27)/t21-/m0/s1. The molecule has 2 aromatic carbocycles. The molecule has 148 valence electrons. The van der Waals surface area contributed by atoms with Gasteiger partial charge in [0.25, 0.3) is 5.91 Å². The predicted molar refractivity (Wildman–Crippen MR) is 110 cm³/mol. The maximum Gasteiger partial charge on any atom is 0.262 e. The quantitative estimate of drug-likeness (QED) is 0.725. The van der Waals surface area contributed by atoms with Gasteiger partial charge in [0.1, 0.15) is 17.3 Å². The summed E-state index contributed by atoms with van der Waals surface area (Å²) in [5, 5.41) is 2.58. The summed E-state index contributed by atoms with van der Waals surface area (Å²) in [6.45, 7) is 0.183. The molecule has 0 spiro atoms. The zero-order chi connectivity index (χ0) is 20.2. The topological polar surface area (TPSA) is 71.8 Å². The van der Waals surface area contributed by atoms with Crippen LogP contribution in [0.5, 0.6) is 5.75 Å². The molecule has 0 radical (unpaired) electrons. The lowest BCUT2D eigenvalue weighted by atomic mass is 10.1. The van der Waals surface area contributed by atoms with Crippen molar-refractivity contribution in [2.75, 3.05) is 18.5 Å². The van der Waals surface area contributed by atoms with Gasteiger partial charge in [0.15, 0.2) is 6.10 Å². The number of benzene rings is 2. The minimum atomic E-state index is -0.729. The van der Waals surface area contributed by atoms with E-state index in [4.69, 9.17) is 9.15 Å². The zero-order valence-electron chi connectivity index (χ0n) is 16.1. The number of likely N-dealkylation sites (N-methyl/N-ethyl adjacent to an activating group) is 1. The Hall–Kier alpha value is -3.54. The molecule has 1 aliphatic heterocycles. The third-order valence-electron chi connectivity index (χ3n) is 4.92. The number of amides is 2. The molecule has 2 amide bonds. The number of furan rings is 1. The average Bonchev–Trinajstić information content (AvgIpc) is 3.26. The van der Waals surface area contributed by atoms with Gasteiger partial charge in [-0.1, -0.05) is 42.5 Å². The van der Waals surface area contributed by atoms with Crippen LogP contribution in [0.2, 0.25) is 0 Å². The normalized spacial score (nSPS) is 15.3. The van der Waals surface area contributed by atoms with Crippen molar-refractivity contribution >= 4 is 17.5 Å². The molecule has 1 aromatic heterocycles. The van der Waals surface area contributed by atoms with E-state index in [1.807, 2.05) is 60.7 Å². The second-order valence-electron chi connectivity index (χ2n) is 6.82. The van der Waals surface area contributed by atoms with Crippen LogP contribution in [0.1, 0.15) is 12.2 Å². The molecule has 4 rings (SSSR count). The van der Waals surface area contributed by atoms with Crippen LogP contribution in [0.25, 0.3) is 11.3 Å². The Morgan fingerprint density at radius 2 is 1.79 bits per heavy atom. The van der Waals surface area contributed by atoms with Crippen molar-refractivity contribution in [2.24, 2.45) is 0 Å². The van der Waals surface area contributed by atoms with Gasteiger partial charge in [-0.2, -0.15) is 0 Å². The summed E-state index contributed by atoms with van der Waals surface area (Å²) >= 11 is 0. The lowest BCUT2D eigenvalue weighted by Crippen LogP contribution is -2.50. The first-order chi connectivity index (χ1) is 14.2. The molecule has 29 heavy (non-hydrogen) atoms. The van der Waals surface area contributed by atoms with E-state index < -0.39 is 6.10 Å². The number of carbonyl (C=O) groups excluding carboxylic acids is 2. The molecule has 1 aliphatic rings. The van der Waals surface area contributed by atoms with Crippen molar-refractivity contribution in [2.45, 2.75) is 18.9 Å². The number of nitrogens with one attached hydrogen (secondary N) is 1. The largest absolute Gasteiger partial charge is 0.477 e. The number of nitrogens with zero attached hydrogens (tertiary/aromatic N) is 1. The minimum Gasteiger partial charge on any atom is -0.477 e. The van der Waals surface area contributed by atoms with Crippen molar-refractivity contribution in [3.63, 3.8) is 0 Å². The molecule has 1 N–H and O–H groups in total. The molecule has 0 unspecified atom stereocenters. The van der Waals surface area contributed by atoms with E-state index in [0.717, 1.165) is 17.1 Å². The molecule has 6 heteroatoms. The van der Waals surface area contributed by atoms with Gasteiger partial charge < -0.3 is 19.4 Å². The number of rotatable bonds is 5. The van der Waals surface area contributed by atoms with Crippen LogP contribution in [0, 0.1) is 0 Å². The first-order valence-corrected chi connectivity index (χ1v) is 9.57. The minimum absolute atomic E-state index is 0.0766. The van der Waals surface area contributed by atoms with Crippen LogP contribution < -0.4 is 15.0 Å². The fourth-order valence-electron chi connectivity index (χ4n) is 3.40. The van der Waals surface area contributed by atoms with Crippen LogP contribution in [0.15, 0.2) is 71.1 Å². The van der Waals surface area contributed by atoms with E-state index in [1.165, 1.54) is 0 Å². The number of carbonyl (C=O) groups is 2. The van der Waals surface area contributed by atoms with Gasteiger partial charge in [-0.15, -0.1) is 0 Å². The zero-order valence-corrected chi connectivity index (χ0v) is 16.1. The highest BCUT2D eigenvalue weighted by atomic mass is 16.5. The lowest BCUT2D eigenvalue weighted by molar-refractivity contribution is -0.127. The molecule has 0 bridgehead atoms. The van der Waals surface area contributed by atoms with Crippen LogP contribution in [0.4, 0.5) is 5.69 Å². The smallest absolute Gasteiger partial charge is 0.262 e. The molecule has 6 nitrogen and oxygen atoms in total. The van der Waals surface area contributed by atoms with E-state index >= 15 is 0 Å². The number of fused-ring (bicyclic) bond motifs is 1. The van der Waals surface area contributed by atoms with Gasteiger partial charge in [0.2, 0.25) is 5.91 Å². The van der Waals surface area contributed by atoms with Crippen molar-refractivity contribution in [1.82, 2.24) is 5.32 Å². The molecule has 1 atom stereocenters. The number of hydrogen-bond acceptors (Lipinski definition) is 4. The third kappa shape index (κ3) is 4.01. The number of ether oxygens (including phenoxy) is 1. The fraction of sp³-hybridized carbons (Fsp3) is 0.217. The predicted octanol–water partition coefficient (Wildman–Crippen LogP) is 3.42. The summed E-state index contributed by atoms with van der Waals surface area (Å²) in [4.78, 5) is 26.7. The highest BCUT2D eigenvalue weighted by Gasteiger charge is 2.33. The number of para-hydroxylation sites is 2. The van der Waals surface area contributed by atoms with E-state index in [-0.39, 0.29) is 24.8 Å². The van der Waals surface area contributed by atoms with E-state index in [0.29, 0.717) is 17.9 Å². The van der Waals surface area contributed by atoms with Crippen LogP contribution in [-0.2, 0) is 16.0 Å². The second-order valence-corrected chi connectivity index (χ2v) is 6.82. The van der Waals surface area contributed by atoms with Crippen LogP contribution >= 0.6 is 0 Å². The monoisotopic (exact) mass is 390 g/mol. The van der Waals surface area contributed by atoms with E-state index in [2.05, 4.69) is 5.32 Å². The van der Waals surface area contributed by atoms with Gasteiger partial charge in [0, 0.05) is 25.5 Å². The van der Waals surface area contributed by atoms with Gasteiger partial charge in [-0.05, 0) is 24.3 Å². The summed E-state index contributed by atoms with van der Waals surface area (Å²) in [5.74, 6) is 1.74. The summed E-state index contributed by atoms with van der Waals surface area (Å²) in [5.41, 5.74) is 1.68. The van der Waals surface area contributed by atoms with Gasteiger partial charge in [-0.3, -0.25) is 9.59 Å². The Morgan fingerprint density at radius 3 is 2.59 bits per heavy atom. The third-order valence-corrected chi connectivity index (χ3v) is 4.92. The van der Waals surface area contributed by atoms with Gasteiger partial charge in [0.05, 0.1) is 12.2 Å². The SMILES string of the molecule is CNC(=O)[C@@H]1CN(C(=O)CCc2ccc(-c3ccccc3)o2)c2ccccc2O1. The summed E-state index contributed by atoms with van der Waals surface area (Å²) in [6, 6.07) is 20.9. The molecule has 2 heterocycles. The summed E-state index contributed by atoms with van der Waals surface area (Å²) in [7, 11) is 1.56. The molecule has 0 fully saturated rings. The molecular formula is C23H22N2O4. The maximum absolute atomic E-state index is 13.0. The highest BCUT2D eigenvalue weighted by Crippen LogP contribution is 2.33. The molecule has 0 aliphatic carbocycles. The molecular weight excluding hydrogens is 368 g/mol. The average molecular weight is 390 g/mol. The summed E-state index contributed by atoms with van der Waals surface area (Å²) < 4.78 is 11.6. The molecule has 0 saturated carbocycles. The van der Waals surface area contributed by atoms with Crippen molar-refractivity contribution < 1.29 is 18.7 Å². The van der Waals surface area contributed by atoms with Gasteiger partial charge >= 0.3 is 0 Å². The van der Waals surface area contributed by atoms with E-state index in [9.17, 15) is 9.59 Å². The highest BCUT2D eigenvalue weighted by molar-refractivity contribution is 5.97. The first kappa shape index (κ1) is 18.8. The fourth-order valence-corrected chi connectivity index (χ4v) is 3.40. The number of hydrogen-bond donors (Lipinski definition) is 1. The summed E-state index contributed by atoms with van der Waals surface area (Å²) in [6.07, 6.45) is 0.0268. The van der Waals surface area contributed by atoms with Crippen molar-refractivity contribution in [3.8, 4) is 17.1 Å². The van der Waals surface area contributed by atoms with Crippen LogP contribution in [0.3, 0.4) is 0 Å². The Labute approximate surface area is 169 Å². The van der Waals surface area contributed by atoms with Crippen molar-refractivity contribution in [3.05, 3.63) is 72.5 Å². The Morgan fingerprint density at radius 1 is 1.03 bits per heavy atom. The second kappa shape index (κ2) is 8.22.